The number of aromatic nitrogens is 1. The molecule has 0 unspecified atom stereocenters. The zero-order valence-electron chi connectivity index (χ0n) is 12.8. The summed E-state index contributed by atoms with van der Waals surface area (Å²) < 4.78 is 29.1. The molecule has 0 radical (unpaired) electrons. The van der Waals surface area contributed by atoms with Crippen LogP contribution in [-0.4, -0.2) is 61.5 Å². The molecule has 120 valence electrons. The monoisotopic (exact) mass is 324 g/mol. The molecule has 2 saturated heterocycles. The van der Waals surface area contributed by atoms with E-state index in [4.69, 9.17) is 4.74 Å². The molecular weight excluding hydrogens is 304 g/mol. The largest absolute Gasteiger partial charge is 0.384 e. The number of nitrogens with zero attached hydrogens (tertiary/aromatic N) is 2. The Bertz CT molecular complexity index is 678. The van der Waals surface area contributed by atoms with E-state index in [0.29, 0.717) is 18.6 Å². The van der Waals surface area contributed by atoms with Crippen LogP contribution >= 0.6 is 0 Å². The van der Waals surface area contributed by atoms with Crippen LogP contribution in [0.2, 0.25) is 0 Å². The lowest BCUT2D eigenvalue weighted by molar-refractivity contribution is 0.0336. The van der Waals surface area contributed by atoms with Gasteiger partial charge in [-0.2, -0.15) is 0 Å². The summed E-state index contributed by atoms with van der Waals surface area (Å²) in [6, 6.07) is 3.51. The van der Waals surface area contributed by atoms with Crippen molar-refractivity contribution in [1.82, 2.24) is 9.88 Å². The lowest BCUT2D eigenvalue weighted by atomic mass is 9.83. The molecule has 22 heavy (non-hydrogen) atoms. The molecule has 2 aliphatic rings. The Hall–Kier alpha value is -1.47. The second-order valence-electron chi connectivity index (χ2n) is 6.17. The number of likely N-dealkylation sites (tertiary alicyclic amines) is 1. The summed E-state index contributed by atoms with van der Waals surface area (Å²) in [5, 5.41) is 0. The maximum absolute atomic E-state index is 12.4. The quantitative estimate of drug-likeness (QED) is 0.816. The van der Waals surface area contributed by atoms with Crippen molar-refractivity contribution in [3.63, 3.8) is 0 Å². The zero-order valence-corrected chi connectivity index (χ0v) is 13.6. The van der Waals surface area contributed by atoms with Crippen LogP contribution in [0.1, 0.15) is 22.5 Å². The van der Waals surface area contributed by atoms with Crippen molar-refractivity contribution in [2.24, 2.45) is 5.92 Å². The van der Waals surface area contributed by atoms with E-state index in [-0.39, 0.29) is 30.7 Å². The first-order valence-corrected chi connectivity index (χ1v) is 8.98. The minimum absolute atomic E-state index is 0.0253. The Morgan fingerprint density at radius 1 is 1.45 bits per heavy atom. The molecule has 1 aromatic heterocycles. The molecule has 0 N–H and O–H groups in total. The van der Waals surface area contributed by atoms with Gasteiger partial charge in [0.1, 0.15) is 4.75 Å². The van der Waals surface area contributed by atoms with Gasteiger partial charge in [0.05, 0.1) is 17.9 Å². The molecule has 0 bridgehead atoms. The zero-order chi connectivity index (χ0) is 16.0. The summed E-state index contributed by atoms with van der Waals surface area (Å²) in [6.07, 6.45) is 2.16. The second kappa shape index (κ2) is 5.31. The fourth-order valence-corrected chi connectivity index (χ4v) is 5.83. The first kappa shape index (κ1) is 15.4. The van der Waals surface area contributed by atoms with E-state index in [2.05, 4.69) is 4.98 Å². The smallest absolute Gasteiger partial charge is 0.255 e. The number of hydrogen-bond acceptors (Lipinski definition) is 5. The van der Waals surface area contributed by atoms with Gasteiger partial charge >= 0.3 is 0 Å². The highest BCUT2D eigenvalue weighted by Gasteiger charge is 2.62. The second-order valence-corrected chi connectivity index (χ2v) is 8.62. The highest BCUT2D eigenvalue weighted by molar-refractivity contribution is 7.93. The van der Waals surface area contributed by atoms with Crippen LogP contribution in [-0.2, 0) is 14.6 Å². The minimum Gasteiger partial charge on any atom is -0.384 e. The molecule has 0 aromatic carbocycles. The fraction of sp³-hybridized carbons (Fsp3) is 0.600. The average Bonchev–Trinajstić information content (AvgIpc) is 2.69. The molecule has 0 aliphatic carbocycles. The number of sulfone groups is 1. The van der Waals surface area contributed by atoms with Gasteiger partial charge in [-0.25, -0.2) is 8.42 Å². The Morgan fingerprint density at radius 3 is 2.77 bits per heavy atom. The van der Waals surface area contributed by atoms with Crippen LogP contribution < -0.4 is 0 Å². The fourth-order valence-electron chi connectivity index (χ4n) is 3.43. The summed E-state index contributed by atoms with van der Waals surface area (Å²) in [5.74, 6) is 0.00822. The summed E-state index contributed by atoms with van der Waals surface area (Å²) in [6.45, 7) is 2.80. The third kappa shape index (κ3) is 2.23. The van der Waals surface area contributed by atoms with Crippen LogP contribution in [0.5, 0.6) is 0 Å². The highest BCUT2D eigenvalue weighted by atomic mass is 32.2. The van der Waals surface area contributed by atoms with E-state index in [1.165, 1.54) is 0 Å². The Morgan fingerprint density at radius 2 is 2.18 bits per heavy atom. The lowest BCUT2D eigenvalue weighted by Gasteiger charge is -2.49. The first-order valence-electron chi connectivity index (χ1n) is 7.33. The van der Waals surface area contributed by atoms with Gasteiger partial charge < -0.3 is 9.64 Å². The Kier molecular flexibility index (Phi) is 3.72. The van der Waals surface area contributed by atoms with E-state index in [1.807, 2.05) is 6.92 Å². The molecule has 3 heterocycles. The maximum atomic E-state index is 12.4. The summed E-state index contributed by atoms with van der Waals surface area (Å²) in [4.78, 5) is 18.1. The molecule has 0 saturated carbocycles. The molecule has 7 heteroatoms. The van der Waals surface area contributed by atoms with Crippen molar-refractivity contribution in [3.8, 4) is 0 Å². The van der Waals surface area contributed by atoms with Crippen LogP contribution in [0.4, 0.5) is 0 Å². The van der Waals surface area contributed by atoms with Crippen LogP contribution in [0.25, 0.3) is 0 Å². The van der Waals surface area contributed by atoms with Gasteiger partial charge in [-0.15, -0.1) is 0 Å². The van der Waals surface area contributed by atoms with Crippen molar-refractivity contribution in [1.29, 1.82) is 0 Å². The van der Waals surface area contributed by atoms with E-state index in [0.717, 1.165) is 5.69 Å². The molecule has 3 rings (SSSR count). The maximum Gasteiger partial charge on any atom is 0.255 e. The summed E-state index contributed by atoms with van der Waals surface area (Å²) >= 11 is 0. The molecule has 2 fully saturated rings. The average molecular weight is 324 g/mol. The van der Waals surface area contributed by atoms with E-state index < -0.39 is 14.6 Å². The number of carbonyl (C=O) groups is 1. The highest BCUT2D eigenvalue weighted by Crippen LogP contribution is 2.45. The number of ether oxygens (including phenoxy) is 1. The first-order chi connectivity index (χ1) is 10.4. The topological polar surface area (TPSA) is 76.6 Å². The predicted molar refractivity (Wildman–Crippen MR) is 81.4 cm³/mol. The predicted octanol–water partition coefficient (Wildman–Crippen LogP) is 0.666. The van der Waals surface area contributed by atoms with Gasteiger partial charge in [-0.05, 0) is 25.5 Å². The van der Waals surface area contributed by atoms with Gasteiger partial charge in [0.15, 0.2) is 9.84 Å². The molecule has 6 nitrogen and oxygen atoms in total. The standard InChI is InChI=1S/C15H20N2O4S/c1-11-3-4-12(7-16-11)14(18)17-9-15(10-17)13(8-21-2)5-6-22(15,19)20/h3-4,7,13H,5-6,8-10H2,1-2H3/t13-/m0/s1. The number of hydrogen-bond donors (Lipinski definition) is 0. The number of aryl methyl sites for hydroxylation is 1. The number of pyridine rings is 1. The van der Waals surface area contributed by atoms with Crippen LogP contribution in [0, 0.1) is 12.8 Å². The normalized spacial score (nSPS) is 25.2. The van der Waals surface area contributed by atoms with Crippen molar-refractivity contribution >= 4 is 15.7 Å². The number of rotatable bonds is 3. The molecule has 1 atom stereocenters. The molecular formula is C15H20N2O4S. The number of methoxy groups -OCH3 is 1. The van der Waals surface area contributed by atoms with Gasteiger partial charge in [-0.1, -0.05) is 0 Å². The van der Waals surface area contributed by atoms with Gasteiger partial charge in [0.25, 0.3) is 5.91 Å². The number of carbonyl (C=O) groups excluding carboxylic acids is 1. The minimum atomic E-state index is -3.17. The van der Waals surface area contributed by atoms with E-state index in [1.54, 1.807) is 30.3 Å². The van der Waals surface area contributed by atoms with Crippen LogP contribution in [0.15, 0.2) is 18.3 Å². The summed E-state index contributed by atoms with van der Waals surface area (Å²) in [7, 11) is -1.58. The third-order valence-electron chi connectivity index (χ3n) is 4.83. The van der Waals surface area contributed by atoms with Crippen LogP contribution in [0.3, 0.4) is 0 Å². The van der Waals surface area contributed by atoms with E-state index >= 15 is 0 Å². The van der Waals surface area contributed by atoms with Gasteiger partial charge in [0.2, 0.25) is 0 Å². The summed E-state index contributed by atoms with van der Waals surface area (Å²) in [5.41, 5.74) is 1.34. The van der Waals surface area contributed by atoms with Crippen molar-refractivity contribution < 1.29 is 17.9 Å². The van der Waals surface area contributed by atoms with Crippen molar-refractivity contribution in [3.05, 3.63) is 29.6 Å². The van der Waals surface area contributed by atoms with Crippen molar-refractivity contribution in [2.75, 3.05) is 32.6 Å². The molecule has 1 amide bonds. The van der Waals surface area contributed by atoms with Gasteiger partial charge in [0, 0.05) is 38.0 Å². The SMILES string of the molecule is COC[C@@H]1CCS(=O)(=O)C12CN(C(=O)c1ccc(C)nc1)C2. The van der Waals surface area contributed by atoms with Gasteiger partial charge in [-0.3, -0.25) is 9.78 Å². The van der Waals surface area contributed by atoms with E-state index in [9.17, 15) is 13.2 Å². The third-order valence-corrected chi connectivity index (χ3v) is 7.43. The molecule has 2 aliphatic heterocycles. The Labute approximate surface area is 130 Å². The Balaban J connectivity index is 1.77. The lowest BCUT2D eigenvalue weighted by Crippen LogP contribution is -2.68. The number of amides is 1. The molecule has 1 spiro atoms. The van der Waals surface area contributed by atoms with Crippen molar-refractivity contribution in [2.45, 2.75) is 18.1 Å². The molecule has 1 aromatic rings.